The molecular weight excluding hydrogens is 384 g/mol. The van der Waals surface area contributed by atoms with Crippen LogP contribution in [-0.4, -0.2) is 47.2 Å². The Kier molecular flexibility index (Phi) is 6.75. The van der Waals surface area contributed by atoms with Gasteiger partial charge in [0.1, 0.15) is 0 Å². The second-order valence-corrected chi connectivity index (χ2v) is 9.27. The molecule has 1 aliphatic heterocycles. The summed E-state index contributed by atoms with van der Waals surface area (Å²) in [5, 5.41) is 4.29. The maximum absolute atomic E-state index is 12.6. The first-order valence-corrected chi connectivity index (χ1v) is 11.4. The lowest BCUT2D eigenvalue weighted by Gasteiger charge is -2.31. The van der Waals surface area contributed by atoms with Gasteiger partial charge < -0.3 is 9.47 Å². The van der Waals surface area contributed by atoms with E-state index in [0.717, 1.165) is 32.5 Å². The van der Waals surface area contributed by atoms with Crippen molar-refractivity contribution in [3.63, 3.8) is 0 Å². The van der Waals surface area contributed by atoms with Gasteiger partial charge in [-0.05, 0) is 66.4 Å². The summed E-state index contributed by atoms with van der Waals surface area (Å²) in [6, 6.07) is 6.79. The van der Waals surface area contributed by atoms with Gasteiger partial charge in [0.25, 0.3) is 0 Å². The molecular formula is C19H26N2O4S2. The highest BCUT2D eigenvalue weighted by molar-refractivity contribution is 7.89. The molecule has 0 radical (unpaired) electrons. The van der Waals surface area contributed by atoms with Crippen molar-refractivity contribution in [2.24, 2.45) is 5.92 Å². The number of piperidine rings is 1. The summed E-state index contributed by atoms with van der Waals surface area (Å²) in [6.45, 7) is 3.44. The van der Waals surface area contributed by atoms with Crippen molar-refractivity contribution in [3.8, 4) is 11.5 Å². The van der Waals surface area contributed by atoms with Crippen LogP contribution in [0.4, 0.5) is 0 Å². The minimum absolute atomic E-state index is 0.190. The summed E-state index contributed by atoms with van der Waals surface area (Å²) in [6.07, 6.45) is 2.00. The molecule has 0 aliphatic carbocycles. The minimum atomic E-state index is -3.57. The predicted octanol–water partition coefficient (Wildman–Crippen LogP) is 2.96. The van der Waals surface area contributed by atoms with Crippen molar-refractivity contribution in [1.82, 2.24) is 9.62 Å². The van der Waals surface area contributed by atoms with Crippen LogP contribution < -0.4 is 14.2 Å². The fraction of sp³-hybridized carbons (Fsp3) is 0.474. The number of rotatable bonds is 8. The standard InChI is InChI=1S/C19H26N2O4S2/c1-24-18-4-3-17(11-19(18)25-2)27(22,23)20-12-15-5-8-21(9-6-15)13-16-7-10-26-14-16/h3-4,7,10-11,14-15,20H,5-6,8-9,12-13H2,1-2H3. The van der Waals surface area contributed by atoms with Crippen LogP contribution in [0.15, 0.2) is 39.9 Å². The van der Waals surface area contributed by atoms with Crippen molar-refractivity contribution in [3.05, 3.63) is 40.6 Å². The van der Waals surface area contributed by atoms with E-state index in [9.17, 15) is 8.42 Å². The minimum Gasteiger partial charge on any atom is -0.493 e. The molecule has 0 spiro atoms. The van der Waals surface area contributed by atoms with Gasteiger partial charge in [0, 0.05) is 19.2 Å². The van der Waals surface area contributed by atoms with Crippen molar-refractivity contribution in [2.75, 3.05) is 33.9 Å². The Morgan fingerprint density at radius 3 is 2.52 bits per heavy atom. The number of hydrogen-bond acceptors (Lipinski definition) is 6. The molecule has 0 bridgehead atoms. The SMILES string of the molecule is COc1ccc(S(=O)(=O)NCC2CCN(Cc3ccsc3)CC2)cc1OC. The summed E-state index contributed by atoms with van der Waals surface area (Å²) in [7, 11) is -0.555. The topological polar surface area (TPSA) is 67.9 Å². The molecule has 0 saturated carbocycles. The first kappa shape index (κ1) is 20.1. The Balaban J connectivity index is 1.52. The zero-order chi connectivity index (χ0) is 19.3. The summed E-state index contributed by atoms with van der Waals surface area (Å²) >= 11 is 1.72. The zero-order valence-electron chi connectivity index (χ0n) is 15.7. The lowest BCUT2D eigenvalue weighted by molar-refractivity contribution is 0.179. The number of methoxy groups -OCH3 is 2. The second-order valence-electron chi connectivity index (χ2n) is 6.72. The molecule has 2 aromatic rings. The molecule has 1 N–H and O–H groups in total. The van der Waals surface area contributed by atoms with Gasteiger partial charge in [-0.2, -0.15) is 11.3 Å². The summed E-state index contributed by atoms with van der Waals surface area (Å²) in [4.78, 5) is 2.62. The van der Waals surface area contributed by atoms with Gasteiger partial charge in [-0.25, -0.2) is 13.1 Å². The average Bonchev–Trinajstić information content (AvgIpc) is 3.20. The van der Waals surface area contributed by atoms with Crippen LogP contribution in [0.2, 0.25) is 0 Å². The van der Waals surface area contributed by atoms with Gasteiger partial charge in [-0.3, -0.25) is 4.90 Å². The van der Waals surface area contributed by atoms with Gasteiger partial charge in [-0.1, -0.05) is 0 Å². The third kappa shape index (κ3) is 5.22. The molecule has 0 atom stereocenters. The maximum Gasteiger partial charge on any atom is 0.240 e. The lowest BCUT2D eigenvalue weighted by Crippen LogP contribution is -2.38. The number of hydrogen-bond donors (Lipinski definition) is 1. The molecule has 0 amide bonds. The van der Waals surface area contributed by atoms with E-state index in [1.54, 1.807) is 17.4 Å². The molecule has 1 aromatic heterocycles. The Bertz CT molecular complexity index is 829. The van der Waals surface area contributed by atoms with Crippen LogP contribution >= 0.6 is 11.3 Å². The van der Waals surface area contributed by atoms with Gasteiger partial charge in [0.2, 0.25) is 10.0 Å². The van der Waals surface area contributed by atoms with Crippen LogP contribution in [0.1, 0.15) is 18.4 Å². The fourth-order valence-electron chi connectivity index (χ4n) is 3.28. The van der Waals surface area contributed by atoms with Crippen LogP contribution in [0.25, 0.3) is 0 Å². The highest BCUT2D eigenvalue weighted by atomic mass is 32.2. The Hall–Kier alpha value is -1.61. The number of benzene rings is 1. The van der Waals surface area contributed by atoms with Crippen LogP contribution in [-0.2, 0) is 16.6 Å². The molecule has 1 aliphatic rings. The van der Waals surface area contributed by atoms with Crippen LogP contribution in [0, 0.1) is 5.92 Å². The highest BCUT2D eigenvalue weighted by Gasteiger charge is 2.23. The number of likely N-dealkylation sites (tertiary alicyclic amines) is 1. The zero-order valence-corrected chi connectivity index (χ0v) is 17.3. The largest absolute Gasteiger partial charge is 0.493 e. The second kappa shape index (κ2) is 9.05. The quantitative estimate of drug-likeness (QED) is 0.725. The lowest BCUT2D eigenvalue weighted by atomic mass is 9.97. The van der Waals surface area contributed by atoms with E-state index >= 15 is 0 Å². The van der Waals surface area contributed by atoms with E-state index in [2.05, 4.69) is 26.4 Å². The van der Waals surface area contributed by atoms with Gasteiger partial charge in [0.15, 0.2) is 11.5 Å². The summed E-state index contributed by atoms with van der Waals surface area (Å²) < 4.78 is 38.3. The summed E-state index contributed by atoms with van der Waals surface area (Å²) in [5.74, 6) is 1.27. The van der Waals surface area contributed by atoms with E-state index in [1.807, 2.05) is 0 Å². The van der Waals surface area contributed by atoms with Crippen LogP contribution in [0.3, 0.4) is 0 Å². The molecule has 3 rings (SSSR count). The predicted molar refractivity (Wildman–Crippen MR) is 107 cm³/mol. The Morgan fingerprint density at radius 2 is 1.89 bits per heavy atom. The van der Waals surface area contributed by atoms with Gasteiger partial charge >= 0.3 is 0 Å². The fourth-order valence-corrected chi connectivity index (χ4v) is 5.08. The molecule has 1 aromatic carbocycles. The molecule has 27 heavy (non-hydrogen) atoms. The molecule has 1 fully saturated rings. The van der Waals surface area contributed by atoms with E-state index in [0.29, 0.717) is 24.0 Å². The highest BCUT2D eigenvalue weighted by Crippen LogP contribution is 2.29. The Labute approximate surface area is 165 Å². The Morgan fingerprint density at radius 1 is 1.15 bits per heavy atom. The van der Waals surface area contributed by atoms with Gasteiger partial charge in [-0.15, -0.1) is 0 Å². The van der Waals surface area contributed by atoms with E-state index < -0.39 is 10.0 Å². The molecule has 6 nitrogen and oxygen atoms in total. The summed E-state index contributed by atoms with van der Waals surface area (Å²) in [5.41, 5.74) is 1.35. The molecule has 8 heteroatoms. The third-order valence-corrected chi connectivity index (χ3v) is 7.07. The molecule has 2 heterocycles. The third-order valence-electron chi connectivity index (χ3n) is 4.92. The van der Waals surface area contributed by atoms with Crippen molar-refractivity contribution < 1.29 is 17.9 Å². The van der Waals surface area contributed by atoms with Gasteiger partial charge in [0.05, 0.1) is 19.1 Å². The van der Waals surface area contributed by atoms with Crippen molar-refractivity contribution in [2.45, 2.75) is 24.3 Å². The first-order valence-electron chi connectivity index (χ1n) is 8.97. The number of ether oxygens (including phenoxy) is 2. The number of nitrogens with one attached hydrogen (secondary N) is 1. The first-order chi connectivity index (χ1) is 13.0. The normalized spacial score (nSPS) is 16.4. The molecule has 0 unspecified atom stereocenters. The van der Waals surface area contributed by atoms with Crippen LogP contribution in [0.5, 0.6) is 11.5 Å². The smallest absolute Gasteiger partial charge is 0.240 e. The number of thiophene rings is 1. The molecule has 148 valence electrons. The van der Waals surface area contributed by atoms with E-state index in [4.69, 9.17) is 9.47 Å². The molecule has 1 saturated heterocycles. The maximum atomic E-state index is 12.6. The van der Waals surface area contributed by atoms with E-state index in [1.165, 1.54) is 31.9 Å². The van der Waals surface area contributed by atoms with Crippen molar-refractivity contribution in [1.29, 1.82) is 0 Å². The number of nitrogens with zero attached hydrogens (tertiary/aromatic N) is 1. The monoisotopic (exact) mass is 410 g/mol. The number of sulfonamides is 1. The average molecular weight is 411 g/mol. The van der Waals surface area contributed by atoms with E-state index in [-0.39, 0.29) is 4.90 Å². The van der Waals surface area contributed by atoms with Crippen molar-refractivity contribution >= 4 is 21.4 Å².